The van der Waals surface area contributed by atoms with E-state index >= 15 is 0 Å². The molecule has 2 aromatic rings. The topological polar surface area (TPSA) is 47.3 Å². The first-order chi connectivity index (χ1) is 9.37. The van der Waals surface area contributed by atoms with Crippen molar-refractivity contribution in [2.24, 2.45) is 5.41 Å². The van der Waals surface area contributed by atoms with E-state index in [-0.39, 0.29) is 5.41 Å². The summed E-state index contributed by atoms with van der Waals surface area (Å²) in [6.07, 6.45) is 5.30. The highest BCUT2D eigenvalue weighted by molar-refractivity contribution is 5.32. The van der Waals surface area contributed by atoms with Crippen LogP contribution in [0.5, 0.6) is 5.75 Å². The standard InChI is InChI=1S/C16H22N2O2/c1-15(2,3)16(19,11-18-10-9-17-12-18)13-5-7-14(20-4)8-6-13/h5-10,12,19H,11H2,1-4H3. The van der Waals surface area contributed by atoms with Gasteiger partial charge in [0.1, 0.15) is 11.4 Å². The Bertz CT molecular complexity index is 541. The Morgan fingerprint density at radius 3 is 2.30 bits per heavy atom. The van der Waals surface area contributed by atoms with Gasteiger partial charge in [0, 0.05) is 12.4 Å². The summed E-state index contributed by atoms with van der Waals surface area (Å²) in [6.45, 7) is 6.57. The van der Waals surface area contributed by atoms with E-state index in [1.165, 1.54) is 0 Å². The molecule has 0 aliphatic rings. The summed E-state index contributed by atoms with van der Waals surface area (Å²) in [6, 6.07) is 7.59. The van der Waals surface area contributed by atoms with Crippen LogP contribution in [-0.2, 0) is 12.1 Å². The van der Waals surface area contributed by atoms with E-state index in [2.05, 4.69) is 4.98 Å². The van der Waals surface area contributed by atoms with Crippen LogP contribution in [-0.4, -0.2) is 21.8 Å². The molecule has 108 valence electrons. The Kier molecular flexibility index (Phi) is 3.86. The molecular weight excluding hydrogens is 252 g/mol. The van der Waals surface area contributed by atoms with Crippen LogP contribution < -0.4 is 4.74 Å². The monoisotopic (exact) mass is 274 g/mol. The molecule has 20 heavy (non-hydrogen) atoms. The summed E-state index contributed by atoms with van der Waals surface area (Å²) >= 11 is 0. The van der Waals surface area contributed by atoms with E-state index in [9.17, 15) is 5.11 Å². The fourth-order valence-electron chi connectivity index (χ4n) is 2.27. The van der Waals surface area contributed by atoms with Crippen LogP contribution in [0, 0.1) is 5.41 Å². The number of ether oxygens (including phenoxy) is 1. The molecule has 0 bridgehead atoms. The number of aromatic nitrogens is 2. The Morgan fingerprint density at radius 2 is 1.85 bits per heavy atom. The molecule has 0 fully saturated rings. The fraction of sp³-hybridized carbons (Fsp3) is 0.438. The maximum Gasteiger partial charge on any atom is 0.118 e. The van der Waals surface area contributed by atoms with Gasteiger partial charge in [-0.3, -0.25) is 0 Å². The number of nitrogens with zero attached hydrogens (tertiary/aromatic N) is 2. The molecule has 0 aliphatic carbocycles. The number of benzene rings is 1. The molecule has 1 unspecified atom stereocenters. The summed E-state index contributed by atoms with van der Waals surface area (Å²) in [5.74, 6) is 0.785. The third kappa shape index (κ3) is 2.70. The first-order valence-electron chi connectivity index (χ1n) is 6.69. The number of hydrogen-bond donors (Lipinski definition) is 1. The number of rotatable bonds is 4. The molecule has 1 atom stereocenters. The van der Waals surface area contributed by atoms with Crippen molar-refractivity contribution in [1.29, 1.82) is 0 Å². The van der Waals surface area contributed by atoms with Crippen molar-refractivity contribution in [3.63, 3.8) is 0 Å². The van der Waals surface area contributed by atoms with Gasteiger partial charge in [-0.1, -0.05) is 32.9 Å². The maximum atomic E-state index is 11.3. The number of aliphatic hydroxyl groups is 1. The van der Waals surface area contributed by atoms with Gasteiger partial charge in [-0.2, -0.15) is 0 Å². The first kappa shape index (κ1) is 14.6. The van der Waals surface area contributed by atoms with E-state index in [4.69, 9.17) is 4.74 Å². The normalized spacial score (nSPS) is 14.8. The summed E-state index contributed by atoms with van der Waals surface area (Å²) < 4.78 is 7.07. The van der Waals surface area contributed by atoms with Crippen LogP contribution >= 0.6 is 0 Å². The molecule has 1 N–H and O–H groups in total. The van der Waals surface area contributed by atoms with Crippen molar-refractivity contribution in [2.45, 2.75) is 32.9 Å². The highest BCUT2D eigenvalue weighted by Gasteiger charge is 2.41. The second kappa shape index (κ2) is 5.29. The minimum atomic E-state index is -0.986. The SMILES string of the molecule is COc1ccc(C(O)(Cn2ccnc2)C(C)(C)C)cc1. The summed E-state index contributed by atoms with van der Waals surface area (Å²) in [7, 11) is 1.64. The Hall–Kier alpha value is -1.81. The molecule has 0 saturated carbocycles. The highest BCUT2D eigenvalue weighted by atomic mass is 16.5. The Morgan fingerprint density at radius 1 is 1.20 bits per heavy atom. The minimum Gasteiger partial charge on any atom is -0.497 e. The van der Waals surface area contributed by atoms with Gasteiger partial charge in [0.15, 0.2) is 0 Å². The zero-order chi connectivity index (χ0) is 14.8. The smallest absolute Gasteiger partial charge is 0.118 e. The minimum absolute atomic E-state index is 0.314. The van der Waals surface area contributed by atoms with Crippen LogP contribution in [0.15, 0.2) is 43.0 Å². The molecule has 1 aromatic carbocycles. The summed E-state index contributed by atoms with van der Waals surface area (Å²) in [5, 5.41) is 11.3. The third-order valence-electron chi connectivity index (χ3n) is 3.78. The largest absolute Gasteiger partial charge is 0.497 e. The Balaban J connectivity index is 2.40. The van der Waals surface area contributed by atoms with Gasteiger partial charge in [-0.15, -0.1) is 0 Å². The molecule has 0 radical (unpaired) electrons. The lowest BCUT2D eigenvalue weighted by atomic mass is 9.72. The summed E-state index contributed by atoms with van der Waals surface area (Å²) in [4.78, 5) is 4.04. The lowest BCUT2D eigenvalue weighted by Crippen LogP contribution is -2.43. The number of hydrogen-bond acceptors (Lipinski definition) is 3. The van der Waals surface area contributed by atoms with Crippen molar-refractivity contribution < 1.29 is 9.84 Å². The molecule has 1 aromatic heterocycles. The van der Waals surface area contributed by atoms with E-state index in [1.807, 2.05) is 55.8 Å². The molecular formula is C16H22N2O2. The van der Waals surface area contributed by atoms with Crippen molar-refractivity contribution >= 4 is 0 Å². The third-order valence-corrected chi connectivity index (χ3v) is 3.78. The molecule has 2 rings (SSSR count). The molecule has 4 nitrogen and oxygen atoms in total. The van der Waals surface area contributed by atoms with Crippen molar-refractivity contribution in [2.75, 3.05) is 7.11 Å². The zero-order valence-corrected chi connectivity index (χ0v) is 12.5. The average molecular weight is 274 g/mol. The second-order valence-electron chi connectivity index (χ2n) is 6.07. The van der Waals surface area contributed by atoms with E-state index in [1.54, 1.807) is 19.6 Å². The van der Waals surface area contributed by atoms with Crippen LogP contribution in [0.25, 0.3) is 0 Å². The lowest BCUT2D eigenvalue weighted by molar-refractivity contribution is -0.0781. The van der Waals surface area contributed by atoms with Gasteiger partial charge in [0.05, 0.1) is 20.0 Å². The first-order valence-corrected chi connectivity index (χ1v) is 6.69. The van der Waals surface area contributed by atoms with Crippen molar-refractivity contribution in [1.82, 2.24) is 9.55 Å². The van der Waals surface area contributed by atoms with Crippen molar-refractivity contribution in [3.8, 4) is 5.75 Å². The quantitative estimate of drug-likeness (QED) is 0.932. The second-order valence-corrected chi connectivity index (χ2v) is 6.07. The maximum absolute atomic E-state index is 11.3. The predicted molar refractivity (Wildman–Crippen MR) is 78.6 cm³/mol. The zero-order valence-electron chi connectivity index (χ0n) is 12.5. The predicted octanol–water partition coefficient (Wildman–Crippen LogP) is 2.83. The fourth-order valence-corrected chi connectivity index (χ4v) is 2.27. The van der Waals surface area contributed by atoms with E-state index < -0.39 is 5.60 Å². The van der Waals surface area contributed by atoms with Gasteiger partial charge >= 0.3 is 0 Å². The van der Waals surface area contributed by atoms with Crippen molar-refractivity contribution in [3.05, 3.63) is 48.5 Å². The van der Waals surface area contributed by atoms with Gasteiger partial charge in [-0.25, -0.2) is 4.98 Å². The molecule has 0 spiro atoms. The van der Waals surface area contributed by atoms with Gasteiger partial charge < -0.3 is 14.4 Å². The van der Waals surface area contributed by atoms with Crippen LogP contribution in [0.4, 0.5) is 0 Å². The lowest BCUT2D eigenvalue weighted by Gasteiger charge is -2.41. The summed E-state index contributed by atoms with van der Waals surface area (Å²) in [5.41, 5.74) is -0.425. The van der Waals surface area contributed by atoms with Gasteiger partial charge in [0.25, 0.3) is 0 Å². The van der Waals surface area contributed by atoms with Gasteiger partial charge in [-0.05, 0) is 23.1 Å². The van der Waals surface area contributed by atoms with Crippen LogP contribution in [0.2, 0.25) is 0 Å². The molecule has 1 heterocycles. The molecule has 0 amide bonds. The molecule has 0 aliphatic heterocycles. The van der Waals surface area contributed by atoms with Crippen LogP contribution in [0.3, 0.4) is 0 Å². The highest BCUT2D eigenvalue weighted by Crippen LogP contribution is 2.41. The van der Waals surface area contributed by atoms with E-state index in [0.717, 1.165) is 11.3 Å². The molecule has 0 saturated heterocycles. The number of methoxy groups -OCH3 is 1. The molecule has 4 heteroatoms. The Labute approximate surface area is 120 Å². The average Bonchev–Trinajstić information content (AvgIpc) is 2.90. The van der Waals surface area contributed by atoms with Crippen LogP contribution in [0.1, 0.15) is 26.3 Å². The van der Waals surface area contributed by atoms with E-state index in [0.29, 0.717) is 6.54 Å². The number of imidazole rings is 1. The van der Waals surface area contributed by atoms with Gasteiger partial charge in [0.2, 0.25) is 0 Å².